The molecule has 102 valence electrons. The van der Waals surface area contributed by atoms with Crippen molar-refractivity contribution in [1.29, 1.82) is 5.26 Å². The highest BCUT2D eigenvalue weighted by molar-refractivity contribution is 6.31. The predicted molar refractivity (Wildman–Crippen MR) is 78.1 cm³/mol. The number of aliphatic hydroxyl groups excluding tert-OH is 1. The second-order valence-electron chi connectivity index (χ2n) is 4.53. The lowest BCUT2D eigenvalue weighted by atomic mass is 10.1. The van der Waals surface area contributed by atoms with E-state index >= 15 is 0 Å². The Bertz CT molecular complexity index is 666. The van der Waals surface area contributed by atoms with Gasteiger partial charge < -0.3 is 9.84 Å². The molecule has 0 atom stereocenters. The predicted octanol–water partition coefficient (Wildman–Crippen LogP) is 4.11. The van der Waals surface area contributed by atoms with Crippen LogP contribution >= 0.6 is 11.6 Å². The van der Waals surface area contributed by atoms with Gasteiger partial charge >= 0.3 is 0 Å². The average molecular weight is 288 g/mol. The van der Waals surface area contributed by atoms with Crippen LogP contribution < -0.4 is 4.74 Å². The average Bonchev–Trinajstić information content (AvgIpc) is 2.42. The molecule has 2 aromatic rings. The molecule has 0 unspecified atom stereocenters. The minimum absolute atomic E-state index is 0.191. The Morgan fingerprint density at radius 3 is 2.45 bits per heavy atom. The van der Waals surface area contributed by atoms with Gasteiger partial charge in [-0.2, -0.15) is 5.26 Å². The summed E-state index contributed by atoms with van der Waals surface area (Å²) in [6.45, 7) is 3.57. The van der Waals surface area contributed by atoms with E-state index in [-0.39, 0.29) is 6.61 Å². The second-order valence-corrected chi connectivity index (χ2v) is 4.93. The fourth-order valence-electron chi connectivity index (χ4n) is 2.07. The zero-order valence-electron chi connectivity index (χ0n) is 11.3. The first kappa shape index (κ1) is 14.4. The van der Waals surface area contributed by atoms with E-state index in [9.17, 15) is 5.11 Å². The number of benzene rings is 2. The molecule has 0 amide bonds. The number of hydrogen-bond acceptors (Lipinski definition) is 3. The molecule has 2 aromatic carbocycles. The maximum absolute atomic E-state index is 9.39. The molecule has 20 heavy (non-hydrogen) atoms. The van der Waals surface area contributed by atoms with E-state index < -0.39 is 0 Å². The van der Waals surface area contributed by atoms with Crippen LogP contribution in [0.3, 0.4) is 0 Å². The van der Waals surface area contributed by atoms with Crippen molar-refractivity contribution in [3.8, 4) is 17.6 Å². The van der Waals surface area contributed by atoms with Crippen molar-refractivity contribution in [3.05, 3.63) is 57.6 Å². The number of rotatable bonds is 3. The second kappa shape index (κ2) is 5.96. The molecule has 0 aromatic heterocycles. The third-order valence-electron chi connectivity index (χ3n) is 3.04. The zero-order chi connectivity index (χ0) is 14.7. The number of aryl methyl sites for hydroxylation is 2. The Hall–Kier alpha value is -2.02. The minimum atomic E-state index is -0.191. The summed E-state index contributed by atoms with van der Waals surface area (Å²) in [6, 6.07) is 10.9. The molecule has 0 spiro atoms. The van der Waals surface area contributed by atoms with Gasteiger partial charge in [0.15, 0.2) is 0 Å². The lowest BCUT2D eigenvalue weighted by molar-refractivity contribution is 0.276. The van der Waals surface area contributed by atoms with E-state index in [1.54, 1.807) is 30.3 Å². The highest BCUT2D eigenvalue weighted by atomic mass is 35.5. The fraction of sp³-hybridized carbons (Fsp3) is 0.188. The first-order chi connectivity index (χ1) is 9.56. The van der Waals surface area contributed by atoms with Crippen molar-refractivity contribution >= 4 is 11.6 Å². The van der Waals surface area contributed by atoms with Gasteiger partial charge in [-0.1, -0.05) is 17.7 Å². The highest BCUT2D eigenvalue weighted by Gasteiger charge is 2.12. The van der Waals surface area contributed by atoms with Crippen LogP contribution in [0.4, 0.5) is 0 Å². The Labute approximate surface area is 123 Å². The number of aliphatic hydroxyl groups is 1. The lowest BCUT2D eigenvalue weighted by Crippen LogP contribution is -1.96. The minimum Gasteiger partial charge on any atom is -0.456 e. The molecule has 4 heteroatoms. The first-order valence-corrected chi connectivity index (χ1v) is 6.52. The maximum Gasteiger partial charge on any atom is 0.134 e. The van der Waals surface area contributed by atoms with Gasteiger partial charge in [-0.3, -0.25) is 0 Å². The summed E-state index contributed by atoms with van der Waals surface area (Å²) in [5, 5.41) is 18.8. The van der Waals surface area contributed by atoms with Crippen LogP contribution in [0.15, 0.2) is 30.3 Å². The van der Waals surface area contributed by atoms with Gasteiger partial charge in [0, 0.05) is 10.6 Å². The molecule has 0 radical (unpaired) electrons. The summed E-state index contributed by atoms with van der Waals surface area (Å²) in [4.78, 5) is 0. The van der Waals surface area contributed by atoms with Gasteiger partial charge in [0.1, 0.15) is 11.5 Å². The third kappa shape index (κ3) is 2.77. The van der Waals surface area contributed by atoms with Gasteiger partial charge in [0.25, 0.3) is 0 Å². The van der Waals surface area contributed by atoms with E-state index in [1.807, 2.05) is 13.8 Å². The van der Waals surface area contributed by atoms with Crippen LogP contribution in [0.5, 0.6) is 11.5 Å². The summed E-state index contributed by atoms with van der Waals surface area (Å²) in [6.07, 6.45) is 0. The first-order valence-electron chi connectivity index (χ1n) is 6.14. The normalized spacial score (nSPS) is 10.2. The van der Waals surface area contributed by atoms with E-state index in [1.165, 1.54) is 0 Å². The third-order valence-corrected chi connectivity index (χ3v) is 3.39. The van der Waals surface area contributed by atoms with Gasteiger partial charge in [-0.25, -0.2) is 0 Å². The smallest absolute Gasteiger partial charge is 0.134 e. The molecule has 0 saturated carbocycles. The largest absolute Gasteiger partial charge is 0.456 e. The van der Waals surface area contributed by atoms with E-state index in [4.69, 9.17) is 21.6 Å². The van der Waals surface area contributed by atoms with Crippen molar-refractivity contribution in [2.75, 3.05) is 0 Å². The molecule has 0 aliphatic carbocycles. The summed E-state index contributed by atoms with van der Waals surface area (Å²) in [5.41, 5.74) is 2.88. The van der Waals surface area contributed by atoms with E-state index in [0.29, 0.717) is 27.6 Å². The Morgan fingerprint density at radius 1 is 1.25 bits per heavy atom. The van der Waals surface area contributed by atoms with Crippen molar-refractivity contribution in [2.45, 2.75) is 20.5 Å². The van der Waals surface area contributed by atoms with Crippen LogP contribution in [0.1, 0.15) is 22.3 Å². The highest BCUT2D eigenvalue weighted by Crippen LogP contribution is 2.34. The monoisotopic (exact) mass is 287 g/mol. The quantitative estimate of drug-likeness (QED) is 0.924. The van der Waals surface area contributed by atoms with Gasteiger partial charge in [0.2, 0.25) is 0 Å². The van der Waals surface area contributed by atoms with E-state index in [0.717, 1.165) is 11.1 Å². The van der Waals surface area contributed by atoms with Gasteiger partial charge in [-0.15, -0.1) is 0 Å². The molecular formula is C16H14ClNO2. The molecule has 0 saturated heterocycles. The molecule has 0 aliphatic rings. The van der Waals surface area contributed by atoms with Crippen molar-refractivity contribution in [2.24, 2.45) is 0 Å². The standard InChI is InChI=1S/C16H14ClNO2/c1-10-6-12(8-18)7-11(2)16(10)20-15-5-3-4-14(17)13(15)9-19/h3-7,19H,9H2,1-2H3. The van der Waals surface area contributed by atoms with Crippen LogP contribution in [0.25, 0.3) is 0 Å². The molecule has 0 aliphatic heterocycles. The molecule has 3 nitrogen and oxygen atoms in total. The maximum atomic E-state index is 9.39. The zero-order valence-corrected chi connectivity index (χ0v) is 12.0. The summed E-state index contributed by atoms with van der Waals surface area (Å²) in [5.74, 6) is 1.21. The molecule has 0 bridgehead atoms. The molecule has 0 fully saturated rings. The van der Waals surface area contributed by atoms with Crippen LogP contribution in [0.2, 0.25) is 5.02 Å². The number of ether oxygens (including phenoxy) is 1. The van der Waals surface area contributed by atoms with Crippen molar-refractivity contribution < 1.29 is 9.84 Å². The topological polar surface area (TPSA) is 53.2 Å². The Kier molecular flexibility index (Phi) is 4.29. The summed E-state index contributed by atoms with van der Waals surface area (Å²) >= 11 is 6.04. The number of nitrogens with zero attached hydrogens (tertiary/aromatic N) is 1. The number of nitriles is 1. The van der Waals surface area contributed by atoms with E-state index in [2.05, 4.69) is 6.07 Å². The molecule has 0 heterocycles. The SMILES string of the molecule is Cc1cc(C#N)cc(C)c1Oc1cccc(Cl)c1CO. The summed E-state index contributed by atoms with van der Waals surface area (Å²) in [7, 11) is 0. The van der Waals surface area contributed by atoms with Crippen LogP contribution in [-0.4, -0.2) is 5.11 Å². The molecular weight excluding hydrogens is 274 g/mol. The molecule has 1 N–H and O–H groups in total. The van der Waals surface area contributed by atoms with Crippen LogP contribution in [0, 0.1) is 25.2 Å². The van der Waals surface area contributed by atoms with Gasteiger partial charge in [0.05, 0.1) is 18.2 Å². The lowest BCUT2D eigenvalue weighted by Gasteiger charge is -2.15. The van der Waals surface area contributed by atoms with Crippen molar-refractivity contribution in [1.82, 2.24) is 0 Å². The Morgan fingerprint density at radius 2 is 1.90 bits per heavy atom. The van der Waals surface area contributed by atoms with Crippen LogP contribution in [-0.2, 0) is 6.61 Å². The van der Waals surface area contributed by atoms with Crippen molar-refractivity contribution in [3.63, 3.8) is 0 Å². The fourth-order valence-corrected chi connectivity index (χ4v) is 2.30. The van der Waals surface area contributed by atoms with Gasteiger partial charge in [-0.05, 0) is 49.2 Å². The molecule has 2 rings (SSSR count). The summed E-state index contributed by atoms with van der Waals surface area (Å²) < 4.78 is 5.89. The number of hydrogen-bond donors (Lipinski definition) is 1. The Balaban J connectivity index is 2.46. The number of halogens is 1.